The highest BCUT2D eigenvalue weighted by Gasteiger charge is 2.29. The second-order valence-electron chi connectivity index (χ2n) is 5.34. The molecule has 0 aliphatic rings. The fraction of sp³-hybridized carbons (Fsp3) is 1.00. The van der Waals surface area contributed by atoms with E-state index in [-0.39, 0.29) is 6.10 Å². The molecule has 0 aromatic carbocycles. The van der Waals surface area contributed by atoms with Crippen LogP contribution in [0.2, 0.25) is 32.7 Å². The van der Waals surface area contributed by atoms with Crippen molar-refractivity contribution in [1.29, 1.82) is 0 Å². The molecule has 0 aromatic rings. The first-order valence-electron chi connectivity index (χ1n) is 5.08. The Bertz CT molecular complexity index is 164. The van der Waals surface area contributed by atoms with E-state index in [0.29, 0.717) is 12.8 Å². The van der Waals surface area contributed by atoms with Gasteiger partial charge in [0.1, 0.15) is 0 Å². The molecule has 0 amide bonds. The van der Waals surface area contributed by atoms with E-state index >= 15 is 0 Å². The van der Waals surface area contributed by atoms with Crippen molar-refractivity contribution >= 4 is 16.6 Å². The summed E-state index contributed by atoms with van der Waals surface area (Å²) in [6.45, 7) is 13.0. The molecule has 0 aromatic heterocycles. The topological polar surface area (TPSA) is 38.7 Å². The molecule has 86 valence electrons. The molecule has 0 spiro atoms. The van der Waals surface area contributed by atoms with Gasteiger partial charge in [0.05, 0.1) is 18.9 Å². The van der Waals surface area contributed by atoms with E-state index in [1.807, 2.05) is 0 Å². The molecule has 0 saturated carbocycles. The summed E-state index contributed by atoms with van der Waals surface area (Å²) in [4.78, 5) is 0. The largest absolute Gasteiger partial charge is 0.454 e. The Hall–Kier alpha value is 0.314. The number of ether oxygens (including phenoxy) is 1. The molecule has 0 heterocycles. The van der Waals surface area contributed by atoms with Crippen LogP contribution in [0.15, 0.2) is 0 Å². The van der Waals surface area contributed by atoms with Crippen LogP contribution in [0.5, 0.6) is 0 Å². The fourth-order valence-electron chi connectivity index (χ4n) is 1.33. The Morgan fingerprint density at radius 2 is 1.64 bits per heavy atom. The standard InChI is InChI=1S/C9H24O3Si2/c1-9(10)7-11-8-14(5,6)12-13(2,3)4/h9-10H,7-8H2,1-6H3. The van der Waals surface area contributed by atoms with E-state index in [1.165, 1.54) is 0 Å². The van der Waals surface area contributed by atoms with Crippen LogP contribution >= 0.6 is 0 Å². The second-order valence-corrected chi connectivity index (χ2v) is 14.2. The second kappa shape index (κ2) is 5.41. The van der Waals surface area contributed by atoms with Crippen LogP contribution < -0.4 is 0 Å². The lowest BCUT2D eigenvalue weighted by atomic mass is 10.5. The average molecular weight is 236 g/mol. The van der Waals surface area contributed by atoms with Crippen molar-refractivity contribution < 1.29 is 14.0 Å². The van der Waals surface area contributed by atoms with Crippen LogP contribution in [0.3, 0.4) is 0 Å². The lowest BCUT2D eigenvalue weighted by Crippen LogP contribution is -2.46. The zero-order valence-electron chi connectivity index (χ0n) is 10.3. The normalized spacial score (nSPS) is 15.6. The van der Waals surface area contributed by atoms with Crippen LogP contribution in [0, 0.1) is 0 Å². The monoisotopic (exact) mass is 236 g/mol. The first-order chi connectivity index (χ1) is 6.12. The van der Waals surface area contributed by atoms with Gasteiger partial charge in [-0.1, -0.05) is 0 Å². The summed E-state index contributed by atoms with van der Waals surface area (Å²) in [5.74, 6) is 0. The van der Waals surface area contributed by atoms with Crippen molar-refractivity contribution in [2.45, 2.75) is 45.8 Å². The lowest BCUT2D eigenvalue weighted by molar-refractivity contribution is 0.0620. The number of aliphatic hydroxyl groups is 1. The maximum Gasteiger partial charge on any atom is 0.199 e. The minimum Gasteiger partial charge on any atom is -0.454 e. The molecule has 1 atom stereocenters. The molecular weight excluding hydrogens is 212 g/mol. The Labute approximate surface area is 89.7 Å². The summed E-state index contributed by atoms with van der Waals surface area (Å²) < 4.78 is 11.5. The third kappa shape index (κ3) is 8.89. The number of rotatable bonds is 6. The molecule has 0 saturated heterocycles. The van der Waals surface area contributed by atoms with Gasteiger partial charge in [0.25, 0.3) is 0 Å². The summed E-state index contributed by atoms with van der Waals surface area (Å²) in [7, 11) is -3.13. The van der Waals surface area contributed by atoms with Gasteiger partial charge in [-0.05, 0) is 39.7 Å². The molecule has 1 unspecified atom stereocenters. The maximum atomic E-state index is 9.04. The van der Waals surface area contributed by atoms with Gasteiger partial charge in [-0.2, -0.15) is 0 Å². The van der Waals surface area contributed by atoms with Crippen LogP contribution in [0.1, 0.15) is 6.92 Å². The first kappa shape index (κ1) is 14.3. The maximum absolute atomic E-state index is 9.04. The minimum absolute atomic E-state index is 0.383. The minimum atomic E-state index is -1.68. The van der Waals surface area contributed by atoms with E-state index in [1.54, 1.807) is 6.92 Å². The molecule has 0 bridgehead atoms. The van der Waals surface area contributed by atoms with E-state index in [9.17, 15) is 0 Å². The van der Waals surface area contributed by atoms with Crippen LogP contribution in [0.25, 0.3) is 0 Å². The number of hydrogen-bond acceptors (Lipinski definition) is 3. The van der Waals surface area contributed by atoms with Gasteiger partial charge >= 0.3 is 0 Å². The Kier molecular flexibility index (Phi) is 5.53. The van der Waals surface area contributed by atoms with Crippen molar-refractivity contribution in [3.63, 3.8) is 0 Å². The molecule has 14 heavy (non-hydrogen) atoms. The third-order valence-corrected chi connectivity index (χ3v) is 6.95. The SMILES string of the molecule is CC(O)COC[Si](C)(C)O[Si](C)(C)C. The lowest BCUT2D eigenvalue weighted by Gasteiger charge is -2.31. The highest BCUT2D eigenvalue weighted by molar-refractivity contribution is 6.84. The van der Waals surface area contributed by atoms with E-state index in [0.717, 1.165) is 0 Å². The van der Waals surface area contributed by atoms with Gasteiger partial charge < -0.3 is 14.0 Å². The van der Waals surface area contributed by atoms with E-state index in [2.05, 4.69) is 32.7 Å². The molecule has 0 radical (unpaired) electrons. The number of aliphatic hydroxyl groups excluding tert-OH is 1. The molecule has 0 aliphatic heterocycles. The van der Waals surface area contributed by atoms with Gasteiger partial charge in [0.2, 0.25) is 0 Å². The average Bonchev–Trinajstić information content (AvgIpc) is 1.78. The highest BCUT2D eigenvalue weighted by Crippen LogP contribution is 2.14. The Morgan fingerprint density at radius 3 is 2.00 bits per heavy atom. The zero-order chi connectivity index (χ0) is 11.4. The van der Waals surface area contributed by atoms with Gasteiger partial charge in [-0.25, -0.2) is 0 Å². The van der Waals surface area contributed by atoms with E-state index in [4.69, 9.17) is 14.0 Å². The van der Waals surface area contributed by atoms with Crippen molar-refractivity contribution in [3.05, 3.63) is 0 Å². The smallest absolute Gasteiger partial charge is 0.199 e. The van der Waals surface area contributed by atoms with Crippen molar-refractivity contribution in [3.8, 4) is 0 Å². The molecular formula is C9H24O3Si2. The zero-order valence-corrected chi connectivity index (χ0v) is 12.3. The van der Waals surface area contributed by atoms with Crippen molar-refractivity contribution in [1.82, 2.24) is 0 Å². The number of hydrogen-bond donors (Lipinski definition) is 1. The van der Waals surface area contributed by atoms with Gasteiger partial charge in [0, 0.05) is 0 Å². The van der Waals surface area contributed by atoms with E-state index < -0.39 is 16.6 Å². The van der Waals surface area contributed by atoms with Gasteiger partial charge in [-0.3, -0.25) is 0 Å². The summed E-state index contributed by atoms with van der Waals surface area (Å²) in [6.07, 6.45) is 0.286. The van der Waals surface area contributed by atoms with Crippen LogP contribution in [-0.4, -0.2) is 40.7 Å². The Balaban J connectivity index is 3.84. The summed E-state index contributed by atoms with van der Waals surface area (Å²) in [6, 6.07) is 0. The summed E-state index contributed by atoms with van der Waals surface area (Å²) in [5, 5.41) is 9.04. The predicted octanol–water partition coefficient (Wildman–Crippen LogP) is 1.98. The van der Waals surface area contributed by atoms with Crippen LogP contribution in [-0.2, 0) is 8.85 Å². The van der Waals surface area contributed by atoms with Gasteiger partial charge in [0.15, 0.2) is 16.6 Å². The molecule has 3 nitrogen and oxygen atoms in total. The predicted molar refractivity (Wildman–Crippen MR) is 64.4 cm³/mol. The first-order valence-corrected chi connectivity index (χ1v) is 11.6. The van der Waals surface area contributed by atoms with Crippen LogP contribution in [0.4, 0.5) is 0 Å². The molecule has 0 rings (SSSR count). The molecule has 1 N–H and O–H groups in total. The quantitative estimate of drug-likeness (QED) is 0.717. The van der Waals surface area contributed by atoms with Crippen molar-refractivity contribution in [2.24, 2.45) is 0 Å². The van der Waals surface area contributed by atoms with Crippen molar-refractivity contribution in [2.75, 3.05) is 12.8 Å². The fourth-order valence-corrected chi connectivity index (χ4v) is 8.81. The van der Waals surface area contributed by atoms with Gasteiger partial charge in [-0.15, -0.1) is 0 Å². The Morgan fingerprint density at radius 1 is 1.14 bits per heavy atom. The molecule has 5 heteroatoms. The summed E-state index contributed by atoms with van der Waals surface area (Å²) in [5.41, 5.74) is 0. The summed E-state index contributed by atoms with van der Waals surface area (Å²) >= 11 is 0. The molecule has 0 fully saturated rings. The molecule has 0 aliphatic carbocycles. The third-order valence-electron chi connectivity index (χ3n) is 1.39. The highest BCUT2D eigenvalue weighted by atomic mass is 28.4.